The van der Waals surface area contributed by atoms with Gasteiger partial charge in [0.2, 0.25) is 2.86 Å². The van der Waals surface area contributed by atoms with E-state index in [1.807, 2.05) is 286 Å². The van der Waals surface area contributed by atoms with Crippen molar-refractivity contribution in [1.82, 2.24) is 23.8 Å². The number of aromatic amines is 2. The van der Waals surface area contributed by atoms with Crippen LogP contribution in [-0.2, 0) is 369 Å². The Morgan fingerprint density at radius 1 is 0.454 bits per heavy atom. The Balaban J connectivity index is -0.0000000903. The van der Waals surface area contributed by atoms with E-state index in [1.54, 1.807) is 107 Å². The maximum Gasteiger partial charge on any atom is 0.330 e. The van der Waals surface area contributed by atoms with Crippen LogP contribution in [0.2, 0.25) is 0 Å². The molecule has 17 nitrogen and oxygen atoms in total. The molecule has 130 heavy (non-hydrogen) atoms. The number of benzene rings is 2. The average molecular weight is 6440 g/mol. The molecule has 720 valence electrons. The van der Waals surface area contributed by atoms with Crippen LogP contribution in [0.5, 0.6) is 0 Å². The molecule has 2 saturated heterocycles. The number of H-pyrrole nitrogens is 2. The molecule has 0 amide bonds. The van der Waals surface area contributed by atoms with Gasteiger partial charge in [0.25, 0.3) is 19.6 Å². The number of unbranched alkanes of at least 4 members (excludes halogenated alkanes) is 2. The number of aliphatic hydroxyl groups is 4. The third-order valence-corrected chi connectivity index (χ3v) is 99.7. The standard InChI is InChI=1S/C27H41FN3O5PS2.C12H18OS2.C9H11FN2O4.2CH4O.S39.17U/c1-18(2)31(19(3)4)37(34-16-10-11-17-38-39-21(6)22-12-8-7-9-13-22)36-25-20(5)35-26(24(25)28)30-15-14-23(32)29-27(30)33;1-11(12-7-3-2-4-8-12)15-14-10-6-5-9-13;1-4-7(14)6(10)8(16-4)12-3-2-5(13)11-9(12)15;2*1-2;1-3-5-7-9-11-13-15-17-19-21-23-25-27-29-31-33-35-37-39-38-36-34-32-30-28-26-24-22-20-18-16-14-12-10-8-6-4-2;;;;;;;;;;;;;;;;;/h7-9,12-15,18-21,24-26H,10-11,16-17H2,1-6H3,(H,29,32,33);2-4,7-8,11,13H,5-6,9-10H2,1H3;2-4,6-8,14H,1H3,(H,11,13,15);2*2H,1H3;;;;;;;;;;;;;;;;;;/i5D;;1D;2*2T;;;;;;;;;;;;;;;;;;. The first kappa shape index (κ1) is 181. The molecule has 2 aliphatic rings. The molecule has 2 aliphatic heterocycles. The number of halogens is 2. The number of aromatic nitrogens is 4. The second kappa shape index (κ2) is 139. The molecule has 11 atom stereocenters. The predicted molar refractivity (Wildman–Crippen MR) is 586 cm³/mol. The minimum Gasteiger partial charge on any atom is -0.400 e. The normalized spacial score (nSPS) is 15.4. The van der Waals surface area contributed by atoms with E-state index >= 15 is 4.39 Å². The summed E-state index contributed by atoms with van der Waals surface area (Å²) in [7, 11) is 74.0. The fourth-order valence-corrected chi connectivity index (χ4v) is 110. The number of nitrogens with one attached hydrogen (secondary N) is 2. The van der Waals surface area contributed by atoms with Gasteiger partial charge in [-0.3, -0.25) is 28.7 Å². The molecule has 6 rings (SSSR count). The topological polar surface area (TPSA) is 231 Å². The van der Waals surface area contributed by atoms with Gasteiger partial charge < -0.3 is 39.0 Å². The van der Waals surface area contributed by atoms with Crippen molar-refractivity contribution in [3.05, 3.63) is 138 Å². The summed E-state index contributed by atoms with van der Waals surface area (Å²) in [5, 5.41) is 26.0. The zero-order valence-corrected chi connectivity index (χ0v) is 174. The minimum absolute atomic E-state index is 0. The van der Waals surface area contributed by atoms with E-state index in [0.29, 0.717) is 23.7 Å². The molecular weight excluding hydrogens is 6360 g/mol. The number of aliphatic hydroxyl groups excluding tert-OH is 4. The van der Waals surface area contributed by atoms with E-state index in [4.69, 9.17) is 51.6 Å². The smallest absolute Gasteiger partial charge is 0.330 e. The van der Waals surface area contributed by atoms with E-state index in [2.05, 4.69) is 88.3 Å². The van der Waals surface area contributed by atoms with Gasteiger partial charge in [-0.05, 0) is 92.2 Å². The van der Waals surface area contributed by atoms with Gasteiger partial charge in [-0.2, -0.15) is 0 Å². The van der Waals surface area contributed by atoms with E-state index < -0.39 is 80.2 Å². The second-order valence-corrected chi connectivity index (χ2v) is 91.9. The summed E-state index contributed by atoms with van der Waals surface area (Å²) in [5.74, 6) is 2.12. The molecule has 0 spiro atoms. The van der Waals surface area contributed by atoms with Gasteiger partial charge in [0, 0.05) is 962 Å². The summed E-state index contributed by atoms with van der Waals surface area (Å²) >= 11 is 9.60. The van der Waals surface area contributed by atoms with Crippen molar-refractivity contribution in [2.24, 2.45) is 0 Å². The summed E-state index contributed by atoms with van der Waals surface area (Å²) in [6.45, 7) is 12.8. The molecule has 11 unspecified atom stereocenters. The number of hydrogen-bond acceptors (Lipinski definition) is 19. The molecule has 0 aliphatic carbocycles. The molecule has 4 aromatic rings. The third kappa shape index (κ3) is 103. The number of nitrogens with zero attached hydrogens (tertiary/aromatic N) is 3. The molecule has 80 heteroatoms. The Morgan fingerprint density at radius 2 is 0.731 bits per heavy atom. The second-order valence-electron chi connectivity index (χ2n) is 19.4. The largest absolute Gasteiger partial charge is 0.400 e. The van der Waals surface area contributed by atoms with Gasteiger partial charge in [-0.15, -0.1) is 0 Å². The fourth-order valence-electron chi connectivity index (χ4n) is 7.39. The fraction of sp³-hybridized carbons (Fsp3) is 0.600. The Kier molecular flexibility index (Phi) is 194. The molecule has 0 bridgehead atoms. The molecule has 0 saturated carbocycles. The predicted octanol–water partition coefficient (Wildman–Crippen LogP) is 8.64. The van der Waals surface area contributed by atoms with E-state index in [9.17, 15) is 28.7 Å². The quantitative estimate of drug-likeness (QED) is 0.0232. The van der Waals surface area contributed by atoms with Gasteiger partial charge in [-0.1, -0.05) is 104 Å². The van der Waals surface area contributed by atoms with Crippen LogP contribution in [0, 0.1) is 529 Å². The van der Waals surface area contributed by atoms with Crippen LogP contribution < -0.4 is 22.5 Å². The van der Waals surface area contributed by atoms with Crippen LogP contribution in [0.15, 0.2) is 104 Å². The SMILES string of the molecule is CC(SSCCCCO)c1ccccc1.S=S=S=S=S=S=S=S=S=S=S=S=S=S=S=S=S=S=S=S=S=S=S=S=S=S=S=S=S=S=S=S=S=S=S=S=S=S=S.[2H]CC1OC(n2ccc(=O)[nH]c2=O)C(F)C1O.[2H]CC1OC(n2ccc(=O)[nH]c2=O)C(F)C1OP(OCCCCSSC(C)c1ccccc1)N(C(C)C)C(C)C.[3H]OC.[3H]OC.[U].[U].[U].[U].[U].[U].[U].[U].[U].[U].[U].[U].[U].[U].[U].[U].[U]. The van der Waals surface area contributed by atoms with Gasteiger partial charge in [-0.25, -0.2) is 23.0 Å². The Labute approximate surface area is 1300 Å². The van der Waals surface area contributed by atoms with Crippen molar-refractivity contribution < 1.29 is 579 Å². The van der Waals surface area contributed by atoms with Crippen LogP contribution in [0.3, 0.4) is 0 Å². The molecule has 0 radical (unpaired) electrons. The Morgan fingerprint density at radius 3 is 0.992 bits per heavy atom. The number of ether oxygens (including phenoxy) is 2. The van der Waals surface area contributed by atoms with Crippen LogP contribution >= 0.6 is 51.7 Å². The number of rotatable bonds is 23. The number of alkyl halides is 2. The summed E-state index contributed by atoms with van der Waals surface area (Å²) < 4.78 is 83.1. The van der Waals surface area contributed by atoms with E-state index in [1.165, 1.54) is 49.3 Å². The molecule has 4 heterocycles. The molecule has 2 aromatic heterocycles. The summed E-state index contributed by atoms with van der Waals surface area (Å²) in [6, 6.07) is 23.3. The van der Waals surface area contributed by atoms with Crippen LogP contribution in [0.25, 0.3) is 0 Å². The monoisotopic (exact) mass is 6440 g/mol. The van der Waals surface area contributed by atoms with E-state index in [-0.39, 0.29) is 555 Å². The van der Waals surface area contributed by atoms with Gasteiger partial charge in [0.15, 0.2) is 24.8 Å². The molecule has 2 aromatic carbocycles. The van der Waals surface area contributed by atoms with Crippen molar-refractivity contribution in [2.75, 3.05) is 38.9 Å². The van der Waals surface area contributed by atoms with Crippen LogP contribution in [0.1, 0.15) is 118 Å². The van der Waals surface area contributed by atoms with Crippen LogP contribution in [0.4, 0.5) is 8.78 Å². The van der Waals surface area contributed by atoms with Gasteiger partial charge >= 0.3 is 11.4 Å². The van der Waals surface area contributed by atoms with Crippen molar-refractivity contribution in [3.8, 4) is 0 Å². The van der Waals surface area contributed by atoms with Crippen LogP contribution in [-0.4, -0.2) is 135 Å². The Bertz CT molecular complexity index is 5620. The average Bonchev–Trinajstić information content (AvgIpc) is 1.56. The minimum atomic E-state index is -1.81. The first-order valence-corrected chi connectivity index (χ1v) is 86.9. The van der Waals surface area contributed by atoms with Crippen molar-refractivity contribution in [2.45, 2.75) is 153 Å². The molecule has 6 N–H and O–H groups in total. The zero-order valence-electron chi connectivity index (χ0n) is 71.7. The Hall–Kier alpha value is 23.6. The first-order chi connectivity index (χ1) is 56.8. The maximum absolute atomic E-state index is 15.7. The summed E-state index contributed by atoms with van der Waals surface area (Å²) in [4.78, 5) is 50.1. The van der Waals surface area contributed by atoms with Gasteiger partial charge in [0.05, 0.1) is 18.8 Å². The van der Waals surface area contributed by atoms with Gasteiger partial charge in [0.1, 0.15) is 12.2 Å². The molecular formula is C50H78F2N5O12PS43U17. The zero-order chi connectivity index (χ0) is 86.3. The van der Waals surface area contributed by atoms with E-state index in [0.717, 1.165) is 64.7 Å². The maximum atomic E-state index is 15.7. The summed E-state index contributed by atoms with van der Waals surface area (Å²) in [5.41, 5.74) is -0.0708. The molecule has 2 fully saturated rings. The summed E-state index contributed by atoms with van der Waals surface area (Å²) in [6.07, 6.45) is -4.45. The van der Waals surface area contributed by atoms with Crippen molar-refractivity contribution in [3.63, 3.8) is 0 Å². The van der Waals surface area contributed by atoms with Crippen molar-refractivity contribution >= 4 is 403 Å². The first-order valence-electron chi connectivity index (χ1n) is 32.5. The van der Waals surface area contributed by atoms with Crippen molar-refractivity contribution in [1.29, 1.82) is 2.86 Å². The third-order valence-electron chi connectivity index (χ3n) is 11.7. The number of hydrogen-bond donors (Lipinski definition) is 6.